The lowest BCUT2D eigenvalue weighted by atomic mass is 10.2. The summed E-state index contributed by atoms with van der Waals surface area (Å²) < 4.78 is 2.44. The zero-order valence-corrected chi connectivity index (χ0v) is 14.9. The summed E-state index contributed by atoms with van der Waals surface area (Å²) in [5.74, 6) is 0.223. The Labute approximate surface area is 137 Å². The van der Waals surface area contributed by atoms with Crippen LogP contribution in [0.15, 0.2) is 43.7 Å². The number of halogens is 3. The van der Waals surface area contributed by atoms with Crippen molar-refractivity contribution in [1.82, 2.24) is 0 Å². The van der Waals surface area contributed by atoms with E-state index in [0.29, 0.717) is 15.5 Å². The maximum absolute atomic E-state index is 9.67. The minimum atomic E-state index is 0.223. The summed E-state index contributed by atoms with van der Waals surface area (Å²) in [6.45, 7) is 2.74. The number of phenolic OH excluding ortho intramolecular Hbond substituents is 1. The second-order valence-electron chi connectivity index (χ2n) is 4.20. The quantitative estimate of drug-likeness (QED) is 0.639. The zero-order chi connectivity index (χ0) is 14.0. The lowest BCUT2D eigenvalue weighted by Crippen LogP contribution is -2.00. The minimum Gasteiger partial charge on any atom is -0.506 e. The van der Waals surface area contributed by atoms with Crippen LogP contribution in [-0.2, 0) is 6.54 Å². The molecule has 0 bridgehead atoms. The van der Waals surface area contributed by atoms with Crippen molar-refractivity contribution in [2.75, 3.05) is 5.32 Å². The fourth-order valence-electron chi connectivity index (χ4n) is 1.70. The van der Waals surface area contributed by atoms with E-state index in [0.717, 1.165) is 15.7 Å². The molecule has 19 heavy (non-hydrogen) atoms. The van der Waals surface area contributed by atoms with Gasteiger partial charge in [-0.3, -0.25) is 0 Å². The number of anilines is 1. The Kier molecular flexibility index (Phi) is 4.92. The van der Waals surface area contributed by atoms with Crippen LogP contribution in [0.25, 0.3) is 0 Å². The first kappa shape index (κ1) is 14.9. The number of phenols is 1. The molecule has 0 heterocycles. The highest BCUT2D eigenvalue weighted by Crippen LogP contribution is 2.34. The van der Waals surface area contributed by atoms with Gasteiger partial charge in [0.05, 0.1) is 8.95 Å². The van der Waals surface area contributed by atoms with Gasteiger partial charge in [0, 0.05) is 16.7 Å². The van der Waals surface area contributed by atoms with E-state index >= 15 is 0 Å². The Bertz CT molecular complexity index is 591. The van der Waals surface area contributed by atoms with Crippen molar-refractivity contribution in [2.45, 2.75) is 13.5 Å². The van der Waals surface area contributed by atoms with Crippen LogP contribution < -0.4 is 5.32 Å². The largest absolute Gasteiger partial charge is 0.506 e. The summed E-state index contributed by atoms with van der Waals surface area (Å²) >= 11 is 10.2. The van der Waals surface area contributed by atoms with Crippen molar-refractivity contribution < 1.29 is 5.11 Å². The average Bonchev–Trinajstić information content (AvgIpc) is 2.37. The molecule has 0 aliphatic carbocycles. The molecule has 2 N–H and O–H groups in total. The van der Waals surface area contributed by atoms with Gasteiger partial charge in [-0.2, -0.15) is 0 Å². The van der Waals surface area contributed by atoms with Gasteiger partial charge in [0.1, 0.15) is 5.75 Å². The Hall–Kier alpha value is -0.520. The number of aryl methyl sites for hydroxylation is 1. The maximum Gasteiger partial charge on any atom is 0.143 e. The van der Waals surface area contributed by atoms with E-state index in [1.165, 1.54) is 5.56 Å². The van der Waals surface area contributed by atoms with Crippen molar-refractivity contribution in [2.24, 2.45) is 0 Å². The smallest absolute Gasteiger partial charge is 0.143 e. The molecule has 0 radical (unpaired) electrons. The molecule has 0 spiro atoms. The van der Waals surface area contributed by atoms with Crippen LogP contribution in [0.2, 0.25) is 0 Å². The van der Waals surface area contributed by atoms with E-state index in [2.05, 4.69) is 66.1 Å². The number of hydrogen-bond donors (Lipinski definition) is 2. The standard InChI is InChI=1S/C14H12Br3NO/c1-8-3-2-4-12(13(8)17)18-7-9-5-10(15)14(19)11(16)6-9/h2-6,18-19H,7H2,1H3. The van der Waals surface area contributed by atoms with Gasteiger partial charge in [0.25, 0.3) is 0 Å². The SMILES string of the molecule is Cc1cccc(NCc2cc(Br)c(O)c(Br)c2)c1Br. The first-order valence-corrected chi connectivity index (χ1v) is 8.03. The van der Waals surface area contributed by atoms with Gasteiger partial charge in [0.2, 0.25) is 0 Å². The molecule has 5 heteroatoms. The van der Waals surface area contributed by atoms with Crippen LogP contribution in [0.3, 0.4) is 0 Å². The van der Waals surface area contributed by atoms with Gasteiger partial charge < -0.3 is 10.4 Å². The lowest BCUT2D eigenvalue weighted by Gasteiger charge is -2.11. The van der Waals surface area contributed by atoms with Crippen LogP contribution in [-0.4, -0.2) is 5.11 Å². The van der Waals surface area contributed by atoms with Crippen LogP contribution >= 0.6 is 47.8 Å². The number of hydrogen-bond acceptors (Lipinski definition) is 2. The van der Waals surface area contributed by atoms with Gasteiger partial charge in [-0.05, 0) is 84.0 Å². The zero-order valence-electron chi connectivity index (χ0n) is 10.2. The highest BCUT2D eigenvalue weighted by Gasteiger charge is 2.07. The molecular weight excluding hydrogens is 438 g/mol. The van der Waals surface area contributed by atoms with Crippen LogP contribution in [0.4, 0.5) is 5.69 Å². The Morgan fingerprint density at radius 3 is 2.37 bits per heavy atom. The van der Waals surface area contributed by atoms with E-state index in [1.54, 1.807) is 0 Å². The predicted octanol–water partition coefficient (Wildman–Crippen LogP) is 5.60. The first-order chi connectivity index (χ1) is 8.99. The average molecular weight is 450 g/mol. The molecule has 0 aromatic heterocycles. The fraction of sp³-hybridized carbons (Fsp3) is 0.143. The molecule has 2 rings (SSSR count). The van der Waals surface area contributed by atoms with Gasteiger partial charge >= 0.3 is 0 Å². The molecule has 0 atom stereocenters. The van der Waals surface area contributed by atoms with Crippen LogP contribution in [0, 0.1) is 6.92 Å². The van der Waals surface area contributed by atoms with Crippen LogP contribution in [0.5, 0.6) is 5.75 Å². The summed E-state index contributed by atoms with van der Waals surface area (Å²) in [6.07, 6.45) is 0. The molecule has 0 saturated heterocycles. The van der Waals surface area contributed by atoms with Crippen molar-refractivity contribution >= 4 is 53.5 Å². The molecule has 0 aliphatic heterocycles. The molecule has 0 unspecified atom stereocenters. The predicted molar refractivity (Wildman–Crippen MR) is 89.7 cm³/mol. The first-order valence-electron chi connectivity index (χ1n) is 5.65. The van der Waals surface area contributed by atoms with Crippen molar-refractivity contribution in [3.63, 3.8) is 0 Å². The highest BCUT2D eigenvalue weighted by atomic mass is 79.9. The van der Waals surface area contributed by atoms with Crippen LogP contribution in [0.1, 0.15) is 11.1 Å². The van der Waals surface area contributed by atoms with E-state index in [4.69, 9.17) is 0 Å². The summed E-state index contributed by atoms with van der Waals surface area (Å²) in [6, 6.07) is 9.91. The number of rotatable bonds is 3. The topological polar surface area (TPSA) is 32.3 Å². The molecule has 0 fully saturated rings. The second kappa shape index (κ2) is 6.29. The van der Waals surface area contributed by atoms with Gasteiger partial charge in [0.15, 0.2) is 0 Å². The molecule has 2 nitrogen and oxygen atoms in total. The maximum atomic E-state index is 9.67. The molecule has 100 valence electrons. The Morgan fingerprint density at radius 2 is 1.74 bits per heavy atom. The normalized spacial score (nSPS) is 10.5. The Morgan fingerprint density at radius 1 is 1.11 bits per heavy atom. The van der Waals surface area contributed by atoms with E-state index in [-0.39, 0.29) is 5.75 Å². The summed E-state index contributed by atoms with van der Waals surface area (Å²) in [7, 11) is 0. The third-order valence-electron chi connectivity index (χ3n) is 2.75. The summed E-state index contributed by atoms with van der Waals surface area (Å²) in [5, 5.41) is 13.0. The number of aromatic hydroxyl groups is 1. The van der Waals surface area contributed by atoms with Gasteiger partial charge in [-0.15, -0.1) is 0 Å². The number of benzene rings is 2. The third kappa shape index (κ3) is 3.52. The van der Waals surface area contributed by atoms with Gasteiger partial charge in [-0.1, -0.05) is 12.1 Å². The molecular formula is C14H12Br3NO. The van der Waals surface area contributed by atoms with Crippen molar-refractivity contribution in [3.8, 4) is 5.75 Å². The fourth-order valence-corrected chi connectivity index (χ4v) is 3.39. The molecule has 0 aliphatic rings. The summed E-state index contributed by atoms with van der Waals surface area (Å²) in [4.78, 5) is 0. The molecule has 2 aromatic rings. The number of nitrogens with one attached hydrogen (secondary N) is 1. The third-order valence-corrected chi connectivity index (χ3v) is 5.01. The van der Waals surface area contributed by atoms with E-state index in [1.807, 2.05) is 24.3 Å². The minimum absolute atomic E-state index is 0.223. The van der Waals surface area contributed by atoms with Crippen molar-refractivity contribution in [3.05, 3.63) is 54.9 Å². The van der Waals surface area contributed by atoms with E-state index in [9.17, 15) is 5.11 Å². The van der Waals surface area contributed by atoms with Gasteiger partial charge in [-0.25, -0.2) is 0 Å². The molecule has 0 saturated carbocycles. The second-order valence-corrected chi connectivity index (χ2v) is 6.70. The summed E-state index contributed by atoms with van der Waals surface area (Å²) in [5.41, 5.74) is 3.32. The lowest BCUT2D eigenvalue weighted by molar-refractivity contribution is 0.468. The monoisotopic (exact) mass is 447 g/mol. The molecule has 0 amide bonds. The van der Waals surface area contributed by atoms with E-state index < -0.39 is 0 Å². The highest BCUT2D eigenvalue weighted by molar-refractivity contribution is 9.11. The van der Waals surface area contributed by atoms with Crippen molar-refractivity contribution in [1.29, 1.82) is 0 Å². The Balaban J connectivity index is 2.17. The molecule has 2 aromatic carbocycles.